The SMILES string of the molecule is C=C(CC)CN1CCOC(CC(=O)O)C1. The molecule has 4 nitrogen and oxygen atoms in total. The summed E-state index contributed by atoms with van der Waals surface area (Å²) in [6.07, 6.45) is 0.900. The highest BCUT2D eigenvalue weighted by molar-refractivity contribution is 5.67. The molecule has 1 unspecified atom stereocenters. The van der Waals surface area contributed by atoms with Gasteiger partial charge >= 0.3 is 5.97 Å². The number of carboxylic acid groups (broad SMARTS) is 1. The first-order valence-electron chi connectivity index (χ1n) is 5.34. The number of nitrogens with zero attached hydrogens (tertiary/aromatic N) is 1. The smallest absolute Gasteiger partial charge is 0.306 e. The zero-order chi connectivity index (χ0) is 11.3. The molecule has 1 heterocycles. The van der Waals surface area contributed by atoms with Crippen LogP contribution in [0.25, 0.3) is 0 Å². The zero-order valence-corrected chi connectivity index (χ0v) is 9.24. The second kappa shape index (κ2) is 5.88. The Morgan fingerprint density at radius 2 is 2.40 bits per heavy atom. The lowest BCUT2D eigenvalue weighted by atomic mass is 10.1. The highest BCUT2D eigenvalue weighted by Gasteiger charge is 2.22. The van der Waals surface area contributed by atoms with Gasteiger partial charge < -0.3 is 9.84 Å². The number of aliphatic carboxylic acids is 1. The van der Waals surface area contributed by atoms with Crippen molar-refractivity contribution in [1.29, 1.82) is 0 Å². The number of hydrogen-bond acceptors (Lipinski definition) is 3. The minimum Gasteiger partial charge on any atom is -0.481 e. The van der Waals surface area contributed by atoms with E-state index in [1.54, 1.807) is 0 Å². The summed E-state index contributed by atoms with van der Waals surface area (Å²) < 4.78 is 5.38. The Labute approximate surface area is 90.5 Å². The van der Waals surface area contributed by atoms with E-state index in [-0.39, 0.29) is 12.5 Å². The highest BCUT2D eigenvalue weighted by Crippen LogP contribution is 2.11. The van der Waals surface area contributed by atoms with Gasteiger partial charge in [-0.05, 0) is 6.42 Å². The number of morpholine rings is 1. The molecule has 1 atom stereocenters. The molecule has 0 aromatic rings. The van der Waals surface area contributed by atoms with E-state index in [0.29, 0.717) is 13.2 Å². The summed E-state index contributed by atoms with van der Waals surface area (Å²) in [7, 11) is 0. The predicted molar refractivity (Wildman–Crippen MR) is 57.9 cm³/mol. The van der Waals surface area contributed by atoms with Crippen molar-refractivity contribution in [3.05, 3.63) is 12.2 Å². The molecule has 1 aliphatic heterocycles. The fourth-order valence-corrected chi connectivity index (χ4v) is 1.67. The largest absolute Gasteiger partial charge is 0.481 e. The Balaban J connectivity index is 2.35. The van der Waals surface area contributed by atoms with Crippen molar-refractivity contribution in [2.45, 2.75) is 25.9 Å². The van der Waals surface area contributed by atoms with Crippen LogP contribution in [0.2, 0.25) is 0 Å². The number of ether oxygens (including phenoxy) is 1. The Morgan fingerprint density at radius 1 is 1.67 bits per heavy atom. The molecule has 15 heavy (non-hydrogen) atoms. The van der Waals surface area contributed by atoms with Crippen LogP contribution in [0.15, 0.2) is 12.2 Å². The number of carbonyl (C=O) groups is 1. The van der Waals surface area contributed by atoms with Gasteiger partial charge in [-0.15, -0.1) is 0 Å². The minimum absolute atomic E-state index is 0.0924. The van der Waals surface area contributed by atoms with Crippen LogP contribution >= 0.6 is 0 Å². The van der Waals surface area contributed by atoms with E-state index < -0.39 is 5.97 Å². The first-order chi connectivity index (χ1) is 7.11. The molecule has 86 valence electrons. The van der Waals surface area contributed by atoms with Crippen molar-refractivity contribution in [3.63, 3.8) is 0 Å². The van der Waals surface area contributed by atoms with Gasteiger partial charge in [0.15, 0.2) is 0 Å². The minimum atomic E-state index is -0.795. The molecule has 0 aromatic carbocycles. The Hall–Kier alpha value is -0.870. The third-order valence-corrected chi connectivity index (χ3v) is 2.57. The molecule has 1 rings (SSSR count). The monoisotopic (exact) mass is 213 g/mol. The van der Waals surface area contributed by atoms with E-state index in [4.69, 9.17) is 9.84 Å². The Kier molecular flexibility index (Phi) is 4.78. The lowest BCUT2D eigenvalue weighted by molar-refractivity contribution is -0.142. The standard InChI is InChI=1S/C11H19NO3/c1-3-9(2)7-12-4-5-15-10(8-12)6-11(13)14/h10H,2-8H2,1H3,(H,13,14). The van der Waals surface area contributed by atoms with Gasteiger partial charge in [0.05, 0.1) is 19.1 Å². The van der Waals surface area contributed by atoms with Gasteiger partial charge in [-0.2, -0.15) is 0 Å². The van der Waals surface area contributed by atoms with E-state index in [1.165, 1.54) is 5.57 Å². The number of carboxylic acids is 1. The average Bonchev–Trinajstić information content (AvgIpc) is 2.17. The second-order valence-corrected chi connectivity index (χ2v) is 3.93. The van der Waals surface area contributed by atoms with Gasteiger partial charge in [-0.1, -0.05) is 19.1 Å². The molecule has 1 N–H and O–H groups in total. The van der Waals surface area contributed by atoms with E-state index in [0.717, 1.165) is 19.5 Å². The first-order valence-corrected chi connectivity index (χ1v) is 5.34. The highest BCUT2D eigenvalue weighted by atomic mass is 16.5. The molecule has 1 fully saturated rings. The van der Waals surface area contributed by atoms with Crippen molar-refractivity contribution in [1.82, 2.24) is 4.90 Å². The maximum Gasteiger partial charge on any atom is 0.306 e. The summed E-state index contributed by atoms with van der Waals surface area (Å²) in [5.41, 5.74) is 1.19. The summed E-state index contributed by atoms with van der Waals surface area (Å²) in [4.78, 5) is 12.7. The van der Waals surface area contributed by atoms with Crippen LogP contribution in [0.4, 0.5) is 0 Å². The third kappa shape index (κ3) is 4.44. The fraction of sp³-hybridized carbons (Fsp3) is 0.727. The zero-order valence-electron chi connectivity index (χ0n) is 9.24. The van der Waals surface area contributed by atoms with Crippen LogP contribution in [0.3, 0.4) is 0 Å². The van der Waals surface area contributed by atoms with E-state index in [2.05, 4.69) is 18.4 Å². The maximum atomic E-state index is 10.5. The Morgan fingerprint density at radius 3 is 3.00 bits per heavy atom. The Bertz CT molecular complexity index is 240. The van der Waals surface area contributed by atoms with Crippen LogP contribution in [-0.4, -0.2) is 48.3 Å². The van der Waals surface area contributed by atoms with Gasteiger partial charge in [-0.25, -0.2) is 0 Å². The van der Waals surface area contributed by atoms with Crippen molar-refractivity contribution < 1.29 is 14.6 Å². The first kappa shape index (κ1) is 12.2. The molecule has 0 radical (unpaired) electrons. The van der Waals surface area contributed by atoms with Gasteiger partial charge in [0.1, 0.15) is 0 Å². The number of hydrogen-bond donors (Lipinski definition) is 1. The summed E-state index contributed by atoms with van der Waals surface area (Å²) >= 11 is 0. The van der Waals surface area contributed by atoms with E-state index in [9.17, 15) is 4.79 Å². The molecule has 1 saturated heterocycles. The molecular weight excluding hydrogens is 194 g/mol. The van der Waals surface area contributed by atoms with Crippen molar-refractivity contribution in [2.24, 2.45) is 0 Å². The predicted octanol–water partition coefficient (Wildman–Crippen LogP) is 1.13. The van der Waals surface area contributed by atoms with Crippen LogP contribution in [0.5, 0.6) is 0 Å². The van der Waals surface area contributed by atoms with Crippen LogP contribution in [0, 0.1) is 0 Å². The summed E-state index contributed by atoms with van der Waals surface area (Å²) in [5, 5.41) is 8.66. The lowest BCUT2D eigenvalue weighted by Crippen LogP contribution is -2.43. The summed E-state index contributed by atoms with van der Waals surface area (Å²) in [5.74, 6) is -0.795. The fourth-order valence-electron chi connectivity index (χ4n) is 1.67. The van der Waals surface area contributed by atoms with Gasteiger partial charge in [-0.3, -0.25) is 9.69 Å². The molecule has 0 amide bonds. The molecular formula is C11H19NO3. The molecule has 4 heteroatoms. The van der Waals surface area contributed by atoms with Crippen molar-refractivity contribution >= 4 is 5.97 Å². The third-order valence-electron chi connectivity index (χ3n) is 2.57. The molecule has 0 saturated carbocycles. The van der Waals surface area contributed by atoms with Gasteiger partial charge in [0.2, 0.25) is 0 Å². The molecule has 0 aliphatic carbocycles. The second-order valence-electron chi connectivity index (χ2n) is 3.93. The molecule has 0 spiro atoms. The normalized spacial score (nSPS) is 22.6. The van der Waals surface area contributed by atoms with Crippen LogP contribution in [-0.2, 0) is 9.53 Å². The van der Waals surface area contributed by atoms with Crippen molar-refractivity contribution in [2.75, 3.05) is 26.2 Å². The maximum absolute atomic E-state index is 10.5. The quantitative estimate of drug-likeness (QED) is 0.695. The number of rotatable bonds is 5. The van der Waals surface area contributed by atoms with Gasteiger partial charge in [0.25, 0.3) is 0 Å². The van der Waals surface area contributed by atoms with Crippen LogP contribution < -0.4 is 0 Å². The topological polar surface area (TPSA) is 49.8 Å². The van der Waals surface area contributed by atoms with Crippen LogP contribution in [0.1, 0.15) is 19.8 Å². The van der Waals surface area contributed by atoms with E-state index >= 15 is 0 Å². The average molecular weight is 213 g/mol. The summed E-state index contributed by atoms with van der Waals surface area (Å²) in [6, 6.07) is 0. The molecule has 0 aromatic heterocycles. The van der Waals surface area contributed by atoms with Crippen molar-refractivity contribution in [3.8, 4) is 0 Å². The van der Waals surface area contributed by atoms with E-state index in [1.807, 2.05) is 0 Å². The molecule has 1 aliphatic rings. The lowest BCUT2D eigenvalue weighted by Gasteiger charge is -2.32. The molecule has 0 bridgehead atoms. The summed E-state index contributed by atoms with van der Waals surface area (Å²) in [6.45, 7) is 9.08. The van der Waals surface area contributed by atoms with Gasteiger partial charge in [0, 0.05) is 19.6 Å².